The van der Waals surface area contributed by atoms with Crippen LogP contribution in [0.1, 0.15) is 42.2 Å². The van der Waals surface area contributed by atoms with Crippen LogP contribution in [0.5, 0.6) is 0 Å². The molecule has 2 heterocycles. The van der Waals surface area contributed by atoms with E-state index in [1.54, 1.807) is 13.8 Å². The van der Waals surface area contributed by atoms with Crippen molar-refractivity contribution < 1.29 is 17.9 Å². The summed E-state index contributed by atoms with van der Waals surface area (Å²) in [5, 5.41) is 6.15. The van der Waals surface area contributed by atoms with Crippen LogP contribution in [0.15, 0.2) is 5.03 Å². The Balaban J connectivity index is 2.39. The zero-order valence-corrected chi connectivity index (χ0v) is 12.5. The molecule has 1 aliphatic rings. The molecule has 2 rings (SSSR count). The van der Waals surface area contributed by atoms with Crippen molar-refractivity contribution in [3.05, 3.63) is 11.3 Å². The van der Waals surface area contributed by atoms with Crippen molar-refractivity contribution in [2.75, 3.05) is 19.7 Å². The third-order valence-corrected chi connectivity index (χ3v) is 5.12. The first-order chi connectivity index (χ1) is 9.48. The van der Waals surface area contributed by atoms with Gasteiger partial charge in [0, 0.05) is 18.8 Å². The first-order valence-corrected chi connectivity index (χ1v) is 8.14. The predicted octanol–water partition coefficient (Wildman–Crippen LogP) is 1.07. The monoisotopic (exact) mass is 301 g/mol. The molecule has 1 fully saturated rings. The number of aryl methyl sites for hydroxylation is 1. The minimum absolute atomic E-state index is 0.0115. The molecule has 1 saturated heterocycles. The maximum absolute atomic E-state index is 12.6. The number of nitrogens with one attached hydrogen (secondary N) is 1. The molecule has 0 bridgehead atoms. The number of hydrogen-bond acceptors (Lipinski definition) is 5. The molecule has 8 heteroatoms. The molecule has 1 aliphatic heterocycles. The average Bonchev–Trinajstić information content (AvgIpc) is 2.82. The summed E-state index contributed by atoms with van der Waals surface area (Å²) in [7, 11) is -3.75. The van der Waals surface area contributed by atoms with E-state index in [1.165, 1.54) is 4.31 Å². The molecular formula is C12H19N3O4S. The first kappa shape index (κ1) is 15.0. The number of rotatable bonds is 4. The molecule has 112 valence electrons. The fourth-order valence-electron chi connectivity index (χ4n) is 2.26. The first-order valence-electron chi connectivity index (χ1n) is 6.70. The van der Waals surface area contributed by atoms with Crippen LogP contribution < -0.4 is 0 Å². The van der Waals surface area contributed by atoms with Crippen molar-refractivity contribution in [3.63, 3.8) is 0 Å². The van der Waals surface area contributed by atoms with E-state index in [1.807, 2.05) is 0 Å². The lowest BCUT2D eigenvalue weighted by molar-refractivity contribution is 0.0520. The molecule has 1 N–H and O–H groups in total. The normalized spacial score (nSPS) is 17.1. The third-order valence-electron chi connectivity index (χ3n) is 3.29. The molecule has 0 amide bonds. The van der Waals surface area contributed by atoms with Crippen molar-refractivity contribution in [1.29, 1.82) is 0 Å². The molecule has 1 aromatic heterocycles. The van der Waals surface area contributed by atoms with Crippen molar-refractivity contribution >= 4 is 16.0 Å². The lowest BCUT2D eigenvalue weighted by Gasteiger charge is -2.25. The number of sulfonamides is 1. The summed E-state index contributed by atoms with van der Waals surface area (Å²) >= 11 is 0. The fraction of sp³-hybridized carbons (Fsp3) is 0.667. The highest BCUT2D eigenvalue weighted by atomic mass is 32.2. The summed E-state index contributed by atoms with van der Waals surface area (Å²) in [6, 6.07) is 0. The average molecular weight is 301 g/mol. The van der Waals surface area contributed by atoms with E-state index < -0.39 is 16.0 Å². The van der Waals surface area contributed by atoms with E-state index in [-0.39, 0.29) is 17.2 Å². The number of piperidine rings is 1. The van der Waals surface area contributed by atoms with Crippen molar-refractivity contribution in [3.8, 4) is 0 Å². The van der Waals surface area contributed by atoms with Crippen LogP contribution in [0.2, 0.25) is 0 Å². The minimum atomic E-state index is -3.75. The fourth-order valence-corrected chi connectivity index (χ4v) is 3.90. The number of aromatic amines is 1. The van der Waals surface area contributed by atoms with Crippen LogP contribution in [-0.2, 0) is 14.8 Å². The maximum atomic E-state index is 12.6. The van der Waals surface area contributed by atoms with Gasteiger partial charge in [-0.15, -0.1) is 0 Å². The maximum Gasteiger partial charge on any atom is 0.343 e. The molecule has 0 unspecified atom stereocenters. The standard InChI is InChI=1S/C12H19N3O4S/c1-3-19-12(16)10-9(2)13-14-11(10)20(17,18)15-7-5-4-6-8-15/h3-8H2,1-2H3,(H,13,14). The molecule has 0 aromatic carbocycles. The van der Waals surface area contributed by atoms with E-state index in [0.717, 1.165) is 19.3 Å². The lowest BCUT2D eigenvalue weighted by atomic mass is 10.2. The van der Waals surface area contributed by atoms with Gasteiger partial charge in [0.25, 0.3) is 10.0 Å². The van der Waals surface area contributed by atoms with Gasteiger partial charge in [-0.2, -0.15) is 9.40 Å². The largest absolute Gasteiger partial charge is 0.462 e. The Morgan fingerprint density at radius 3 is 2.60 bits per heavy atom. The Bertz CT molecular complexity index is 588. The van der Waals surface area contributed by atoms with Crippen LogP contribution in [0.3, 0.4) is 0 Å². The second-order valence-electron chi connectivity index (χ2n) is 4.71. The van der Waals surface area contributed by atoms with Crippen LogP contribution in [0.4, 0.5) is 0 Å². The highest BCUT2D eigenvalue weighted by Crippen LogP contribution is 2.24. The number of aromatic nitrogens is 2. The van der Waals surface area contributed by atoms with E-state index in [2.05, 4.69) is 10.2 Å². The lowest BCUT2D eigenvalue weighted by Crippen LogP contribution is -2.36. The topological polar surface area (TPSA) is 92.4 Å². The summed E-state index contributed by atoms with van der Waals surface area (Å²) in [6.07, 6.45) is 2.69. The molecule has 20 heavy (non-hydrogen) atoms. The second kappa shape index (κ2) is 5.92. The molecular weight excluding hydrogens is 282 g/mol. The Labute approximate surface area is 118 Å². The number of ether oxygens (including phenoxy) is 1. The van der Waals surface area contributed by atoms with Crippen LogP contribution in [0, 0.1) is 6.92 Å². The molecule has 0 spiro atoms. The highest BCUT2D eigenvalue weighted by Gasteiger charge is 2.34. The Kier molecular flexibility index (Phi) is 4.44. The summed E-state index contributed by atoms with van der Waals surface area (Å²) in [6.45, 7) is 4.40. The van der Waals surface area contributed by atoms with E-state index in [0.29, 0.717) is 18.8 Å². The van der Waals surface area contributed by atoms with Crippen molar-refractivity contribution in [1.82, 2.24) is 14.5 Å². The van der Waals surface area contributed by atoms with Crippen molar-refractivity contribution in [2.45, 2.75) is 38.1 Å². The van der Waals surface area contributed by atoms with Gasteiger partial charge in [-0.1, -0.05) is 6.42 Å². The van der Waals surface area contributed by atoms with Gasteiger partial charge in [-0.3, -0.25) is 5.10 Å². The number of nitrogens with zero attached hydrogens (tertiary/aromatic N) is 2. The van der Waals surface area contributed by atoms with Gasteiger partial charge in [-0.25, -0.2) is 13.2 Å². The van der Waals surface area contributed by atoms with Crippen molar-refractivity contribution in [2.24, 2.45) is 0 Å². The van der Waals surface area contributed by atoms with Gasteiger partial charge in [0.2, 0.25) is 5.03 Å². The van der Waals surface area contributed by atoms with Crippen LogP contribution >= 0.6 is 0 Å². The molecule has 0 saturated carbocycles. The zero-order valence-electron chi connectivity index (χ0n) is 11.7. The number of carbonyl (C=O) groups excluding carboxylic acids is 1. The molecule has 0 radical (unpaired) electrons. The van der Waals surface area contributed by atoms with Gasteiger partial charge in [0.05, 0.1) is 6.61 Å². The van der Waals surface area contributed by atoms with E-state index in [4.69, 9.17) is 4.74 Å². The van der Waals surface area contributed by atoms with E-state index >= 15 is 0 Å². The molecule has 1 aromatic rings. The van der Waals surface area contributed by atoms with Crippen LogP contribution in [0.25, 0.3) is 0 Å². The summed E-state index contributed by atoms with van der Waals surface area (Å²) in [4.78, 5) is 11.9. The van der Waals surface area contributed by atoms with Gasteiger partial charge < -0.3 is 4.74 Å². The van der Waals surface area contributed by atoms with E-state index in [9.17, 15) is 13.2 Å². The smallest absolute Gasteiger partial charge is 0.343 e. The third kappa shape index (κ3) is 2.71. The Hall–Kier alpha value is -1.41. The SMILES string of the molecule is CCOC(=O)c1c(S(=O)(=O)N2CCCCC2)n[nH]c1C. The number of carbonyl (C=O) groups is 1. The highest BCUT2D eigenvalue weighted by molar-refractivity contribution is 7.89. The predicted molar refractivity (Wildman–Crippen MR) is 71.9 cm³/mol. The van der Waals surface area contributed by atoms with Gasteiger partial charge in [0.15, 0.2) is 0 Å². The quantitative estimate of drug-likeness (QED) is 0.840. The van der Waals surface area contributed by atoms with Gasteiger partial charge in [-0.05, 0) is 26.7 Å². The summed E-state index contributed by atoms with van der Waals surface area (Å²) < 4.78 is 31.4. The minimum Gasteiger partial charge on any atom is -0.462 e. The molecule has 0 atom stereocenters. The number of hydrogen-bond donors (Lipinski definition) is 1. The van der Waals surface area contributed by atoms with Gasteiger partial charge in [0.1, 0.15) is 5.56 Å². The molecule has 7 nitrogen and oxygen atoms in total. The Morgan fingerprint density at radius 1 is 1.35 bits per heavy atom. The molecule has 0 aliphatic carbocycles. The van der Waals surface area contributed by atoms with Crippen LogP contribution in [-0.4, -0.2) is 48.6 Å². The van der Waals surface area contributed by atoms with Gasteiger partial charge >= 0.3 is 5.97 Å². The summed E-state index contributed by atoms with van der Waals surface area (Å²) in [5.74, 6) is -0.658. The number of esters is 1. The number of H-pyrrole nitrogens is 1. The Morgan fingerprint density at radius 2 is 2.00 bits per heavy atom. The summed E-state index contributed by atoms with van der Waals surface area (Å²) in [5.41, 5.74) is 0.413. The second-order valence-corrected chi connectivity index (χ2v) is 6.57. The zero-order chi connectivity index (χ0) is 14.8.